The summed E-state index contributed by atoms with van der Waals surface area (Å²) in [6, 6.07) is 5.44. The molecule has 0 heterocycles. The quantitative estimate of drug-likeness (QED) is 0.432. The Morgan fingerprint density at radius 3 is 1.50 bits per heavy atom. The zero-order chi connectivity index (χ0) is 19.2. The van der Waals surface area contributed by atoms with Gasteiger partial charge in [0.1, 0.15) is 0 Å². The van der Waals surface area contributed by atoms with Gasteiger partial charge in [-0.1, -0.05) is 121 Å². The molecule has 0 atom stereocenters. The van der Waals surface area contributed by atoms with Gasteiger partial charge in [0.2, 0.25) is 0 Å². The average Bonchev–Trinajstić information content (AvgIpc) is 2.79. The predicted molar refractivity (Wildman–Crippen MR) is 122 cm³/mol. The van der Waals surface area contributed by atoms with Crippen LogP contribution in [-0.4, -0.2) is 0 Å². The van der Waals surface area contributed by atoms with Crippen molar-refractivity contribution < 1.29 is 0 Å². The number of benzene rings is 1. The second-order valence-corrected chi connectivity index (χ2v) is 10.1. The van der Waals surface area contributed by atoms with Crippen LogP contribution in [0.15, 0.2) is 12.1 Å². The van der Waals surface area contributed by atoms with E-state index in [9.17, 15) is 0 Å². The van der Waals surface area contributed by atoms with E-state index in [1.807, 2.05) is 0 Å². The van der Waals surface area contributed by atoms with Gasteiger partial charge in [0, 0.05) is 0 Å². The largest absolute Gasteiger partial charge is 0.185 e. The number of rotatable bonds is 6. The summed E-state index contributed by atoms with van der Waals surface area (Å²) in [5, 5.41) is 0. The molecule has 0 amide bonds. The summed E-state index contributed by atoms with van der Waals surface area (Å²) in [4.78, 5) is 0. The van der Waals surface area contributed by atoms with Gasteiger partial charge in [0.05, 0.1) is 0 Å². The molecule has 156 valence electrons. The monoisotopic (exact) mass is 379 g/mol. The van der Waals surface area contributed by atoms with Crippen molar-refractivity contribution >= 4 is 0 Å². The van der Waals surface area contributed by atoms with Crippen LogP contribution in [-0.2, 0) is 0 Å². The van der Waals surface area contributed by atoms with Crippen molar-refractivity contribution in [3.8, 4) is 0 Å². The molecule has 28 heavy (non-hydrogen) atoms. The van der Waals surface area contributed by atoms with Crippen LogP contribution in [0.5, 0.6) is 0 Å². The normalized spacial score (nSPS) is 23.0. The van der Waals surface area contributed by atoms with Crippen molar-refractivity contribution in [2.75, 3.05) is 0 Å². The Hall–Kier alpha value is -0.910. The molecule has 0 heteroatoms. The van der Waals surface area contributed by atoms with Crippen LogP contribution in [0.2, 0.25) is 0 Å². The number of hydrogen-bond donors (Lipinski definition) is 0. The van der Waals surface area contributed by atoms with Gasteiger partial charge in [-0.25, -0.2) is 0 Å². The fraction of sp³-hybridized carbons (Fsp3) is 0.750. The van der Waals surface area contributed by atoms with Gasteiger partial charge in [0.15, 0.2) is 0 Å². The molecule has 0 unspecified atom stereocenters. The van der Waals surface area contributed by atoms with Crippen LogP contribution in [0.1, 0.15) is 156 Å². The van der Waals surface area contributed by atoms with Crippen molar-refractivity contribution in [3.63, 3.8) is 0 Å². The Bertz CT molecular complexity index is 555. The molecule has 3 aliphatic rings. The molecule has 0 bridgehead atoms. The maximum Gasteiger partial charge on any atom is -0.0182 e. The first kappa shape index (κ1) is 20.4. The van der Waals surface area contributed by atoms with Crippen molar-refractivity contribution in [3.05, 3.63) is 40.8 Å². The van der Waals surface area contributed by atoms with Gasteiger partial charge >= 0.3 is 0 Å². The molecule has 3 aliphatic carbocycles. The molecule has 0 nitrogen and oxygen atoms in total. The Labute approximate surface area is 174 Å². The third kappa shape index (κ3) is 4.80. The Morgan fingerprint density at radius 1 is 0.643 bits per heavy atom. The highest BCUT2D eigenvalue weighted by Gasteiger charge is 2.22. The fourth-order valence-electron chi connectivity index (χ4n) is 6.42. The molecule has 0 spiro atoms. The highest BCUT2D eigenvalue weighted by Crippen LogP contribution is 2.44. The van der Waals surface area contributed by atoms with Crippen molar-refractivity contribution in [2.24, 2.45) is 0 Å². The van der Waals surface area contributed by atoms with Crippen LogP contribution in [0, 0.1) is 6.42 Å². The van der Waals surface area contributed by atoms with Crippen molar-refractivity contribution in [1.29, 1.82) is 0 Å². The van der Waals surface area contributed by atoms with Gasteiger partial charge in [-0.2, -0.15) is 12.0 Å². The summed E-state index contributed by atoms with van der Waals surface area (Å²) in [5.74, 6) is 2.52. The lowest BCUT2D eigenvalue weighted by Gasteiger charge is -2.38. The Balaban J connectivity index is 1.74. The first-order valence-electron chi connectivity index (χ1n) is 12.9. The van der Waals surface area contributed by atoms with Crippen LogP contribution >= 0.6 is 0 Å². The van der Waals surface area contributed by atoms with Crippen molar-refractivity contribution in [1.82, 2.24) is 0 Å². The standard InChI is InChI=1S/C28H43/c1-2-3-19-26-27(23-15-9-5-10-16-23)20-25(22-13-7-4-8-14-22)21-28(26)24-17-11-6-12-18-24/h19-24H,2-18H2,1H3/q-1. The molecular formula is C28H43-. The van der Waals surface area contributed by atoms with E-state index < -0.39 is 0 Å². The van der Waals surface area contributed by atoms with Gasteiger partial charge in [-0.15, -0.1) is 23.3 Å². The summed E-state index contributed by atoms with van der Waals surface area (Å²) in [5.41, 5.74) is 6.99. The fourth-order valence-corrected chi connectivity index (χ4v) is 6.42. The lowest BCUT2D eigenvalue weighted by atomic mass is 9.73. The molecule has 0 aliphatic heterocycles. The summed E-state index contributed by atoms with van der Waals surface area (Å²) < 4.78 is 0. The van der Waals surface area contributed by atoms with Gasteiger partial charge in [-0.3, -0.25) is 0 Å². The smallest absolute Gasteiger partial charge is 0.0182 e. The SMILES string of the molecule is CCC[CH-]c1c(C2CCCCC2)cc(C2CCCCC2)cc1C1CCCCC1. The number of hydrogen-bond acceptors (Lipinski definition) is 0. The van der Waals surface area contributed by atoms with Crippen LogP contribution in [0.25, 0.3) is 0 Å². The molecule has 0 saturated heterocycles. The molecule has 0 radical (unpaired) electrons. The summed E-state index contributed by atoms with van der Waals surface area (Å²) in [7, 11) is 0. The lowest BCUT2D eigenvalue weighted by molar-refractivity contribution is 0.425. The first-order valence-corrected chi connectivity index (χ1v) is 12.9. The Kier molecular flexibility index (Phi) is 7.43. The molecule has 1 aromatic rings. The Morgan fingerprint density at radius 2 is 1.07 bits per heavy atom. The summed E-state index contributed by atoms with van der Waals surface area (Å²) >= 11 is 0. The van der Waals surface area contributed by atoms with E-state index in [4.69, 9.17) is 0 Å². The molecule has 1 aromatic carbocycles. The highest BCUT2D eigenvalue weighted by atomic mass is 14.3. The van der Waals surface area contributed by atoms with E-state index in [1.165, 1.54) is 109 Å². The minimum absolute atomic E-state index is 0.836. The van der Waals surface area contributed by atoms with Gasteiger partial charge < -0.3 is 0 Å². The lowest BCUT2D eigenvalue weighted by Crippen LogP contribution is -2.15. The molecule has 0 N–H and O–H groups in total. The van der Waals surface area contributed by atoms with Gasteiger partial charge in [0.25, 0.3) is 0 Å². The average molecular weight is 380 g/mol. The molecule has 3 saturated carbocycles. The van der Waals surface area contributed by atoms with Crippen LogP contribution in [0.3, 0.4) is 0 Å². The zero-order valence-electron chi connectivity index (χ0n) is 18.5. The molecule has 3 fully saturated rings. The molecule has 4 rings (SSSR count). The summed E-state index contributed by atoms with van der Waals surface area (Å²) in [6.45, 7) is 2.34. The maximum atomic E-state index is 2.72. The van der Waals surface area contributed by atoms with Gasteiger partial charge in [-0.05, 0) is 18.8 Å². The molecular weight excluding hydrogens is 336 g/mol. The molecule has 0 aromatic heterocycles. The highest BCUT2D eigenvalue weighted by molar-refractivity contribution is 5.48. The van der Waals surface area contributed by atoms with Crippen LogP contribution < -0.4 is 0 Å². The second-order valence-electron chi connectivity index (χ2n) is 10.1. The van der Waals surface area contributed by atoms with E-state index in [2.05, 4.69) is 25.5 Å². The predicted octanol–water partition coefficient (Wildman–Crippen LogP) is 9.18. The first-order chi connectivity index (χ1) is 13.9. The van der Waals surface area contributed by atoms with Crippen LogP contribution in [0.4, 0.5) is 0 Å². The third-order valence-electron chi connectivity index (χ3n) is 8.07. The van der Waals surface area contributed by atoms with E-state index >= 15 is 0 Å². The van der Waals surface area contributed by atoms with Crippen molar-refractivity contribution in [2.45, 2.75) is 134 Å². The van der Waals surface area contributed by atoms with E-state index in [0.29, 0.717) is 0 Å². The maximum absolute atomic E-state index is 2.72. The second kappa shape index (κ2) is 10.2. The topological polar surface area (TPSA) is 0 Å². The zero-order valence-corrected chi connectivity index (χ0v) is 18.5. The minimum Gasteiger partial charge on any atom is -0.185 e. The summed E-state index contributed by atoms with van der Waals surface area (Å²) in [6.07, 6.45) is 26.9. The van der Waals surface area contributed by atoms with E-state index in [1.54, 1.807) is 22.3 Å². The number of unbranched alkanes of at least 4 members (excludes halogenated alkanes) is 1. The van der Waals surface area contributed by atoms with E-state index in [0.717, 1.165) is 17.8 Å². The minimum atomic E-state index is 0.836. The third-order valence-corrected chi connectivity index (χ3v) is 8.07. The van der Waals surface area contributed by atoms with E-state index in [-0.39, 0.29) is 0 Å².